The number of hydrogen-bond donors (Lipinski definition) is 1. The van der Waals surface area contributed by atoms with E-state index < -0.39 is 0 Å². The Kier molecular flexibility index (Phi) is 3.87. The Hall–Kier alpha value is -1.25. The van der Waals surface area contributed by atoms with Crippen LogP contribution in [0.3, 0.4) is 0 Å². The van der Waals surface area contributed by atoms with Gasteiger partial charge >= 0.3 is 0 Å². The molecule has 0 amide bonds. The van der Waals surface area contributed by atoms with Crippen LogP contribution in [0.25, 0.3) is 0 Å². The van der Waals surface area contributed by atoms with Crippen molar-refractivity contribution in [3.8, 4) is 0 Å². The molecular weight excluding hydrogens is 232 g/mol. The number of nitrogens with zero attached hydrogens (tertiary/aromatic N) is 1. The van der Waals surface area contributed by atoms with E-state index >= 15 is 0 Å². The molecule has 0 bridgehead atoms. The van der Waals surface area contributed by atoms with Gasteiger partial charge in [-0.15, -0.1) is 0 Å². The molecule has 0 spiro atoms. The third-order valence-corrected chi connectivity index (χ3v) is 3.12. The van der Waals surface area contributed by atoms with Crippen LogP contribution in [0.4, 0.5) is 0 Å². The summed E-state index contributed by atoms with van der Waals surface area (Å²) in [5.41, 5.74) is 8.22. The molecule has 90 valence electrons. The Labute approximate surface area is 107 Å². The van der Waals surface area contributed by atoms with Crippen LogP contribution in [0.15, 0.2) is 42.6 Å². The highest BCUT2D eigenvalue weighted by Gasteiger charge is 2.06. The van der Waals surface area contributed by atoms with Crippen LogP contribution in [-0.4, -0.2) is 10.6 Å². The maximum atomic E-state index is 6.16. The number of benzene rings is 1. The summed E-state index contributed by atoms with van der Waals surface area (Å²) in [4.78, 5) is 0. The summed E-state index contributed by atoms with van der Waals surface area (Å²) >= 11 is 6.16. The van der Waals surface area contributed by atoms with Gasteiger partial charge in [-0.1, -0.05) is 29.8 Å². The van der Waals surface area contributed by atoms with Crippen molar-refractivity contribution in [2.75, 3.05) is 0 Å². The summed E-state index contributed by atoms with van der Waals surface area (Å²) in [6, 6.07) is 12.3. The molecular formula is C14H17ClN2. The van der Waals surface area contributed by atoms with Crippen molar-refractivity contribution in [1.29, 1.82) is 0 Å². The molecule has 2 aromatic rings. The monoisotopic (exact) mass is 248 g/mol. The SMILES string of the molecule is CC(N)Cc1cccn1Cc1ccccc1Cl. The van der Waals surface area contributed by atoms with Gasteiger partial charge in [0.05, 0.1) is 0 Å². The van der Waals surface area contributed by atoms with Crippen LogP contribution in [0, 0.1) is 0 Å². The topological polar surface area (TPSA) is 30.9 Å². The lowest BCUT2D eigenvalue weighted by Gasteiger charge is -2.12. The molecule has 17 heavy (non-hydrogen) atoms. The molecule has 2 nitrogen and oxygen atoms in total. The average molecular weight is 249 g/mol. The highest BCUT2D eigenvalue weighted by atomic mass is 35.5. The molecule has 1 atom stereocenters. The molecule has 1 aromatic carbocycles. The number of rotatable bonds is 4. The zero-order valence-corrected chi connectivity index (χ0v) is 10.7. The summed E-state index contributed by atoms with van der Waals surface area (Å²) in [6.45, 7) is 2.82. The van der Waals surface area contributed by atoms with E-state index in [1.54, 1.807) is 0 Å². The Morgan fingerprint density at radius 3 is 2.71 bits per heavy atom. The molecule has 2 rings (SSSR count). The first kappa shape index (κ1) is 12.2. The first-order chi connectivity index (χ1) is 8.16. The second-order valence-corrected chi connectivity index (χ2v) is 4.81. The lowest BCUT2D eigenvalue weighted by atomic mass is 10.2. The lowest BCUT2D eigenvalue weighted by Crippen LogP contribution is -2.20. The molecule has 2 N–H and O–H groups in total. The smallest absolute Gasteiger partial charge is 0.0487 e. The van der Waals surface area contributed by atoms with E-state index in [4.69, 9.17) is 17.3 Å². The molecule has 0 aliphatic heterocycles. The Balaban J connectivity index is 2.19. The van der Waals surface area contributed by atoms with Gasteiger partial charge in [0.2, 0.25) is 0 Å². The van der Waals surface area contributed by atoms with Gasteiger partial charge in [0.1, 0.15) is 0 Å². The molecule has 0 aliphatic carbocycles. The minimum atomic E-state index is 0.176. The maximum Gasteiger partial charge on any atom is 0.0487 e. The summed E-state index contributed by atoms with van der Waals surface area (Å²) in [5.74, 6) is 0. The molecule has 0 saturated carbocycles. The first-order valence-corrected chi connectivity index (χ1v) is 6.17. The predicted molar refractivity (Wildman–Crippen MR) is 72.3 cm³/mol. The minimum Gasteiger partial charge on any atom is -0.347 e. The Morgan fingerprint density at radius 1 is 1.24 bits per heavy atom. The van der Waals surface area contributed by atoms with E-state index in [9.17, 15) is 0 Å². The van der Waals surface area contributed by atoms with E-state index in [2.05, 4.69) is 29.0 Å². The summed E-state index contributed by atoms with van der Waals surface area (Å²) in [6.07, 6.45) is 2.96. The molecule has 0 saturated heterocycles. The van der Waals surface area contributed by atoms with Gasteiger partial charge in [-0.05, 0) is 30.7 Å². The number of halogens is 1. The van der Waals surface area contributed by atoms with Gasteiger partial charge < -0.3 is 10.3 Å². The van der Waals surface area contributed by atoms with Crippen molar-refractivity contribution >= 4 is 11.6 Å². The van der Waals surface area contributed by atoms with Gasteiger partial charge in [0.25, 0.3) is 0 Å². The molecule has 3 heteroatoms. The quantitative estimate of drug-likeness (QED) is 0.886. The van der Waals surface area contributed by atoms with Gasteiger partial charge in [-0.3, -0.25) is 0 Å². The van der Waals surface area contributed by atoms with Crippen LogP contribution >= 0.6 is 11.6 Å². The van der Waals surface area contributed by atoms with Crippen molar-refractivity contribution in [2.45, 2.75) is 25.9 Å². The molecule has 0 aliphatic rings. The van der Waals surface area contributed by atoms with Gasteiger partial charge in [0, 0.05) is 35.9 Å². The van der Waals surface area contributed by atoms with Crippen molar-refractivity contribution in [1.82, 2.24) is 4.57 Å². The molecule has 1 aromatic heterocycles. The van der Waals surface area contributed by atoms with Gasteiger partial charge in [-0.2, -0.15) is 0 Å². The summed E-state index contributed by atoms with van der Waals surface area (Å²) in [5, 5.41) is 0.813. The van der Waals surface area contributed by atoms with Crippen LogP contribution in [-0.2, 0) is 13.0 Å². The maximum absolute atomic E-state index is 6.16. The zero-order valence-electron chi connectivity index (χ0n) is 9.94. The van der Waals surface area contributed by atoms with Gasteiger partial charge in [-0.25, -0.2) is 0 Å². The van der Waals surface area contributed by atoms with Crippen molar-refractivity contribution < 1.29 is 0 Å². The van der Waals surface area contributed by atoms with Crippen LogP contribution in [0.2, 0.25) is 5.02 Å². The number of hydrogen-bond acceptors (Lipinski definition) is 1. The standard InChI is InChI=1S/C14H17ClN2/c1-11(16)9-13-6-4-8-17(13)10-12-5-2-3-7-14(12)15/h2-8,11H,9-10,16H2,1H3. The molecule has 1 unspecified atom stereocenters. The van der Waals surface area contributed by atoms with Crippen molar-refractivity contribution in [3.05, 3.63) is 58.9 Å². The number of aromatic nitrogens is 1. The third kappa shape index (κ3) is 3.11. The Bertz CT molecular complexity index is 488. The largest absolute Gasteiger partial charge is 0.347 e. The van der Waals surface area contributed by atoms with Gasteiger partial charge in [0.15, 0.2) is 0 Å². The highest BCUT2D eigenvalue weighted by Crippen LogP contribution is 2.17. The van der Waals surface area contributed by atoms with Crippen LogP contribution in [0.1, 0.15) is 18.2 Å². The van der Waals surface area contributed by atoms with E-state index in [1.165, 1.54) is 5.69 Å². The predicted octanol–water partition coefficient (Wildman–Crippen LogP) is 3.08. The second kappa shape index (κ2) is 5.39. The summed E-state index contributed by atoms with van der Waals surface area (Å²) in [7, 11) is 0. The number of nitrogens with two attached hydrogens (primary N) is 1. The Morgan fingerprint density at radius 2 is 2.00 bits per heavy atom. The van der Waals surface area contributed by atoms with E-state index in [0.29, 0.717) is 0 Å². The van der Waals surface area contributed by atoms with E-state index in [1.807, 2.05) is 25.1 Å². The van der Waals surface area contributed by atoms with Crippen molar-refractivity contribution in [3.63, 3.8) is 0 Å². The first-order valence-electron chi connectivity index (χ1n) is 5.80. The fourth-order valence-corrected chi connectivity index (χ4v) is 2.12. The lowest BCUT2D eigenvalue weighted by molar-refractivity contribution is 0.666. The molecule has 0 radical (unpaired) electrons. The zero-order chi connectivity index (χ0) is 12.3. The van der Waals surface area contributed by atoms with Crippen LogP contribution < -0.4 is 5.73 Å². The second-order valence-electron chi connectivity index (χ2n) is 4.40. The fraction of sp³-hybridized carbons (Fsp3) is 0.286. The van der Waals surface area contributed by atoms with Crippen molar-refractivity contribution in [2.24, 2.45) is 5.73 Å². The van der Waals surface area contributed by atoms with E-state index in [0.717, 1.165) is 23.6 Å². The minimum absolute atomic E-state index is 0.176. The normalized spacial score (nSPS) is 12.6. The molecule has 1 heterocycles. The average Bonchev–Trinajstić information content (AvgIpc) is 2.68. The highest BCUT2D eigenvalue weighted by molar-refractivity contribution is 6.31. The molecule has 0 fully saturated rings. The van der Waals surface area contributed by atoms with Crippen LogP contribution in [0.5, 0.6) is 0 Å². The summed E-state index contributed by atoms with van der Waals surface area (Å²) < 4.78 is 2.20. The van der Waals surface area contributed by atoms with E-state index in [-0.39, 0.29) is 6.04 Å². The fourth-order valence-electron chi connectivity index (χ4n) is 1.93. The third-order valence-electron chi connectivity index (χ3n) is 2.75.